The van der Waals surface area contributed by atoms with Crippen molar-refractivity contribution in [3.05, 3.63) is 144 Å². The van der Waals surface area contributed by atoms with Gasteiger partial charge in [0.1, 0.15) is 30.2 Å². The van der Waals surface area contributed by atoms with Crippen molar-refractivity contribution in [2.75, 3.05) is 0 Å². The number of rotatable bonds is 34. The van der Waals surface area contributed by atoms with Gasteiger partial charge in [0, 0.05) is 80.8 Å². The number of ether oxygens (including phenoxy) is 3. The number of hydrogen-bond acceptors (Lipinski definition) is 9. The maximum atomic E-state index is 14.8. The minimum Gasteiger partial charge on any atom is -0.462 e. The van der Waals surface area contributed by atoms with E-state index in [-0.39, 0.29) is 107 Å². The van der Waals surface area contributed by atoms with E-state index in [1.807, 2.05) is 0 Å². The van der Waals surface area contributed by atoms with E-state index < -0.39 is 121 Å². The van der Waals surface area contributed by atoms with Crippen molar-refractivity contribution in [1.29, 1.82) is 0 Å². The van der Waals surface area contributed by atoms with Crippen molar-refractivity contribution in [3.63, 3.8) is 0 Å². The molecule has 1 N–H and O–H groups in total. The van der Waals surface area contributed by atoms with Crippen LogP contribution in [-0.4, -0.2) is 77.5 Å². The van der Waals surface area contributed by atoms with E-state index in [1.165, 1.54) is 42.5 Å². The number of aliphatic hydroxyl groups is 1. The van der Waals surface area contributed by atoms with E-state index in [1.54, 1.807) is 30.4 Å². The van der Waals surface area contributed by atoms with Crippen LogP contribution >= 0.6 is 0 Å². The second-order valence-electron chi connectivity index (χ2n) is 19.2. The Hall–Kier alpha value is -6.25. The van der Waals surface area contributed by atoms with Gasteiger partial charge in [0.2, 0.25) is 11.6 Å². The summed E-state index contributed by atoms with van der Waals surface area (Å²) in [5, 5.41) is 10.7. The van der Waals surface area contributed by atoms with Gasteiger partial charge in [-0.05, 0) is 81.6 Å². The number of unbranched alkanes of at least 4 members (excludes halogenated alkanes) is 3. The summed E-state index contributed by atoms with van der Waals surface area (Å²) in [7, 11) is 0. The highest BCUT2D eigenvalue weighted by molar-refractivity contribution is 6.10. The number of aliphatic hydroxyl groups excluding tert-OH is 1. The lowest BCUT2D eigenvalue weighted by Crippen LogP contribution is -2.18. The van der Waals surface area contributed by atoms with E-state index >= 15 is 0 Å². The largest absolute Gasteiger partial charge is 0.462 e. The van der Waals surface area contributed by atoms with Crippen LogP contribution in [0, 0.1) is 11.8 Å². The summed E-state index contributed by atoms with van der Waals surface area (Å²) in [6, 6.07) is 0. The molecule has 1 unspecified atom stereocenters. The maximum Gasteiger partial charge on any atom is 0.392 e. The highest BCUT2D eigenvalue weighted by atomic mass is 19.4. The number of esters is 3. The first-order valence-corrected chi connectivity index (χ1v) is 26.4. The second kappa shape index (κ2) is 34.8. The van der Waals surface area contributed by atoms with Crippen LogP contribution in [0.1, 0.15) is 135 Å². The molecule has 3 aliphatic carbocycles. The van der Waals surface area contributed by atoms with Gasteiger partial charge in [0.25, 0.3) is 0 Å². The molecule has 0 bridgehead atoms. The van der Waals surface area contributed by atoms with E-state index in [0.29, 0.717) is 25.7 Å². The quantitative estimate of drug-likeness (QED) is 0.0167. The van der Waals surface area contributed by atoms with Crippen molar-refractivity contribution in [1.82, 2.24) is 0 Å². The Morgan fingerprint density at radius 2 is 0.988 bits per heavy atom. The number of halogens is 12. The molecule has 0 amide bonds. The maximum absolute atomic E-state index is 14.8. The lowest BCUT2D eigenvalue weighted by molar-refractivity contribution is -0.149. The van der Waals surface area contributed by atoms with Gasteiger partial charge in [0.15, 0.2) is 11.7 Å². The average molecular weight is 1150 g/mol. The van der Waals surface area contributed by atoms with Gasteiger partial charge >= 0.3 is 36.4 Å². The minimum atomic E-state index is -4.49. The average Bonchev–Trinajstić information content (AvgIpc) is 3.95. The topological polar surface area (TPSA) is 133 Å². The third kappa shape index (κ3) is 28.3. The van der Waals surface area contributed by atoms with Crippen LogP contribution in [-0.2, 0) is 38.2 Å². The summed E-state index contributed by atoms with van der Waals surface area (Å²) in [4.78, 5) is 62.7. The van der Waals surface area contributed by atoms with Gasteiger partial charge in [-0.25, -0.2) is 13.2 Å². The third-order valence-electron chi connectivity index (χ3n) is 12.5. The molecule has 0 saturated carbocycles. The van der Waals surface area contributed by atoms with E-state index in [0.717, 1.165) is 30.4 Å². The lowest BCUT2D eigenvalue weighted by Gasteiger charge is -2.18. The standard InChI is InChI=1S/C59H68F12O9/c1-2-3-8-24-51(72)79-44(22-14-17-36-58(66,67)68)30-32-46-41(38-49(61)55(46)76)20-10-5-7-12-26-53(74)80-45(23-15-18-37-59(69,70)71)31-33-47-42(39-50(62)56(47)77)19-9-4-6-11-25-52(73)78-43(21-13-16-35-57(63,64)65)29-27-40-28-34-48(60)54(40)75/h2,4-5,9-10,13-18,27,32-34,38-39,41-45,56,77H,1,3,6-8,11-12,19-26,28-31,35-37H2/b9-4-,10-5-,16-13-,17-14-,18-15-,40-27+,46-32+,47-33+/t41-,42-,43-,44-,45-,56?/m0/s1. The zero-order valence-electron chi connectivity index (χ0n) is 44.1. The van der Waals surface area contributed by atoms with Crippen LogP contribution in [0.15, 0.2) is 144 Å². The van der Waals surface area contributed by atoms with E-state index in [9.17, 15) is 81.8 Å². The monoisotopic (exact) mass is 1150 g/mol. The molecule has 9 nitrogen and oxygen atoms in total. The lowest BCUT2D eigenvalue weighted by atomic mass is 9.95. The Kier molecular flexibility index (Phi) is 29.6. The first-order valence-electron chi connectivity index (χ1n) is 26.4. The Bertz CT molecular complexity index is 2430. The molecule has 0 aromatic carbocycles. The molecule has 0 radical (unpaired) electrons. The molecule has 0 heterocycles. The zero-order chi connectivity index (χ0) is 59.3. The fraction of sp³-hybridized carbons (Fsp3) is 0.508. The van der Waals surface area contributed by atoms with Crippen LogP contribution in [0.2, 0.25) is 0 Å². The molecule has 0 aromatic heterocycles. The summed E-state index contributed by atoms with van der Waals surface area (Å²) in [6.45, 7) is 3.58. The molecule has 0 saturated heterocycles. The van der Waals surface area contributed by atoms with Crippen molar-refractivity contribution in [3.8, 4) is 0 Å². The molecule has 0 aliphatic heterocycles. The van der Waals surface area contributed by atoms with E-state index in [2.05, 4.69) is 6.58 Å². The zero-order valence-corrected chi connectivity index (χ0v) is 44.1. The predicted molar refractivity (Wildman–Crippen MR) is 275 cm³/mol. The number of allylic oxidation sites excluding steroid dienone is 15. The predicted octanol–water partition coefficient (Wildman–Crippen LogP) is 15.7. The Balaban J connectivity index is 1.56. The Morgan fingerprint density at radius 1 is 0.550 bits per heavy atom. The van der Waals surface area contributed by atoms with Gasteiger partial charge in [-0.15, -0.1) is 6.58 Å². The minimum absolute atomic E-state index is 0.0308. The molecule has 0 aromatic rings. The van der Waals surface area contributed by atoms with Gasteiger partial charge in [0.05, 0.1) is 19.3 Å². The van der Waals surface area contributed by atoms with E-state index in [4.69, 9.17) is 14.2 Å². The number of hydrogen-bond donors (Lipinski definition) is 1. The molecular formula is C59H68F12O9. The van der Waals surface area contributed by atoms with Crippen LogP contribution in [0.5, 0.6) is 0 Å². The highest BCUT2D eigenvalue weighted by Crippen LogP contribution is 2.36. The second-order valence-corrected chi connectivity index (χ2v) is 19.2. The van der Waals surface area contributed by atoms with Crippen LogP contribution < -0.4 is 0 Å². The Labute approximate surface area is 458 Å². The molecule has 0 fully saturated rings. The summed E-state index contributed by atoms with van der Waals surface area (Å²) < 4.78 is 174. The molecule has 3 aliphatic rings. The fourth-order valence-corrected chi connectivity index (χ4v) is 8.36. The summed E-state index contributed by atoms with van der Waals surface area (Å²) in [5.74, 6) is -7.79. The summed E-state index contributed by atoms with van der Waals surface area (Å²) >= 11 is 0. The molecular weight excluding hydrogens is 1080 g/mol. The van der Waals surface area contributed by atoms with Gasteiger partial charge in [-0.3, -0.25) is 24.0 Å². The van der Waals surface area contributed by atoms with Crippen LogP contribution in [0.4, 0.5) is 52.7 Å². The number of alkyl halides is 9. The van der Waals surface area contributed by atoms with Crippen molar-refractivity contribution >= 4 is 29.5 Å². The smallest absolute Gasteiger partial charge is 0.392 e. The van der Waals surface area contributed by atoms with Gasteiger partial charge < -0.3 is 19.3 Å². The molecule has 80 heavy (non-hydrogen) atoms. The molecule has 442 valence electrons. The van der Waals surface area contributed by atoms with Gasteiger partial charge in [-0.2, -0.15) is 39.5 Å². The Morgan fingerprint density at radius 3 is 1.43 bits per heavy atom. The molecule has 6 atom stereocenters. The molecule has 21 heteroatoms. The number of carbonyl (C=O) groups excluding carboxylic acids is 5. The summed E-state index contributed by atoms with van der Waals surface area (Å²) in [6.07, 6.45) is 2.53. The first kappa shape index (κ1) is 68.0. The molecule has 0 spiro atoms. The fourth-order valence-electron chi connectivity index (χ4n) is 8.36. The van der Waals surface area contributed by atoms with Gasteiger partial charge in [-0.1, -0.05) is 85.1 Å². The third-order valence-corrected chi connectivity index (χ3v) is 12.5. The van der Waals surface area contributed by atoms with Crippen LogP contribution in [0.3, 0.4) is 0 Å². The summed E-state index contributed by atoms with van der Waals surface area (Å²) in [5.41, 5.74) is 0.431. The number of Topliss-reactive ketones (excluding diaryl/α,β-unsaturated/α-hetero) is 2. The van der Waals surface area contributed by atoms with Crippen molar-refractivity contribution in [2.45, 2.75) is 178 Å². The molecule has 3 rings (SSSR count). The SMILES string of the molecule is C=CCCCC(=O)O[C@@H](C/C=C\CC(F)(F)F)C/C=C1/C(=O)C(F)=C[C@@H]1C/C=C\CCCC(=O)O[C@@H](C/C=C\CC(F)(F)F)C/C=C1/C(O)C(F)=C[C@@H]1C/C=C\CCCC(=O)O[C@@H](C/C=C\CC(F)(F)F)C/C=C1\CC=C(F)C1=O. The van der Waals surface area contributed by atoms with Crippen LogP contribution in [0.25, 0.3) is 0 Å². The normalized spacial score (nSPS) is 21.0. The van der Waals surface area contributed by atoms with Crippen molar-refractivity contribution < 1.29 is 96.0 Å². The highest BCUT2D eigenvalue weighted by Gasteiger charge is 2.32. The number of carbonyl (C=O) groups is 5. The van der Waals surface area contributed by atoms with Crippen molar-refractivity contribution in [2.24, 2.45) is 11.8 Å². The number of ketones is 2. The first-order chi connectivity index (χ1) is 37.7.